The number of fused-ring (bicyclic) bond motifs is 1. The molecule has 1 aliphatic rings. The van der Waals surface area contributed by atoms with E-state index in [0.717, 1.165) is 10.8 Å². The Hall–Kier alpha value is -3.24. The third-order valence-corrected chi connectivity index (χ3v) is 4.98. The Morgan fingerprint density at radius 1 is 1.14 bits per heavy atom. The quantitative estimate of drug-likeness (QED) is 0.586. The second-order valence-corrected chi connectivity index (χ2v) is 7.49. The van der Waals surface area contributed by atoms with Gasteiger partial charge < -0.3 is 15.5 Å². The molecule has 1 heterocycles. The molecular weight excluding hydrogens is 376 g/mol. The minimum atomic E-state index is -2.73. The smallest absolute Gasteiger partial charge is 0.299 e. The first-order valence-corrected chi connectivity index (χ1v) is 9.20. The van der Waals surface area contributed by atoms with Gasteiger partial charge >= 0.3 is 0 Å². The van der Waals surface area contributed by atoms with E-state index in [-0.39, 0.29) is 11.8 Å². The molecule has 0 aliphatic heterocycles. The molecule has 3 N–H and O–H groups in total. The van der Waals surface area contributed by atoms with Crippen LogP contribution >= 0.6 is 0 Å². The van der Waals surface area contributed by atoms with Gasteiger partial charge in [-0.05, 0) is 43.9 Å². The van der Waals surface area contributed by atoms with Crippen molar-refractivity contribution >= 4 is 16.6 Å². The van der Waals surface area contributed by atoms with Crippen LogP contribution in [0.3, 0.4) is 0 Å². The lowest BCUT2D eigenvalue weighted by molar-refractivity contribution is -0.0235. The lowest BCUT2D eigenvalue weighted by Gasteiger charge is -2.41. The fourth-order valence-corrected chi connectivity index (χ4v) is 3.65. The maximum absolute atomic E-state index is 12.3. The van der Waals surface area contributed by atoms with E-state index in [1.54, 1.807) is 25.0 Å². The molecule has 0 amide bonds. The number of benzene rings is 2. The summed E-state index contributed by atoms with van der Waals surface area (Å²) in [6, 6.07) is 12.2. The van der Waals surface area contributed by atoms with Crippen molar-refractivity contribution in [3.63, 3.8) is 0 Å². The van der Waals surface area contributed by atoms with Gasteiger partial charge in [0.25, 0.3) is 6.43 Å². The molecular formula is C22H19F2N3O2. The number of nitrogens with one attached hydrogen (secondary N) is 1. The Kier molecular flexibility index (Phi) is 4.81. The van der Waals surface area contributed by atoms with Crippen LogP contribution in [0.15, 0.2) is 42.5 Å². The molecule has 0 saturated heterocycles. The molecule has 0 atom stereocenters. The minimum Gasteiger partial charge on any atom is -0.507 e. The van der Waals surface area contributed by atoms with Crippen molar-refractivity contribution < 1.29 is 19.0 Å². The Bertz CT molecular complexity index is 1130. The molecule has 4 rings (SSSR count). The number of rotatable bonds is 3. The summed E-state index contributed by atoms with van der Waals surface area (Å²) in [5.74, 6) is 4.60. The number of halogens is 2. The third-order valence-electron chi connectivity index (χ3n) is 4.98. The topological polar surface area (TPSA) is 78.3 Å². The van der Waals surface area contributed by atoms with E-state index < -0.39 is 12.0 Å². The van der Waals surface area contributed by atoms with Crippen LogP contribution in [0.2, 0.25) is 0 Å². The highest BCUT2D eigenvalue weighted by atomic mass is 19.3. The third kappa shape index (κ3) is 3.98. The molecule has 2 aromatic carbocycles. The Labute approximate surface area is 166 Å². The highest BCUT2D eigenvalue weighted by Crippen LogP contribution is 2.37. The van der Waals surface area contributed by atoms with Gasteiger partial charge in [-0.15, -0.1) is 10.2 Å². The van der Waals surface area contributed by atoms with Crippen LogP contribution < -0.4 is 5.32 Å². The van der Waals surface area contributed by atoms with Crippen molar-refractivity contribution in [1.29, 1.82) is 0 Å². The predicted octanol–water partition coefficient (Wildman–Crippen LogP) is 3.94. The van der Waals surface area contributed by atoms with E-state index in [9.17, 15) is 19.0 Å². The number of anilines is 1. The van der Waals surface area contributed by atoms with Crippen molar-refractivity contribution in [2.45, 2.75) is 37.8 Å². The van der Waals surface area contributed by atoms with Gasteiger partial charge in [-0.1, -0.05) is 30.2 Å². The van der Waals surface area contributed by atoms with E-state index in [4.69, 9.17) is 0 Å². The summed E-state index contributed by atoms with van der Waals surface area (Å²) in [6.45, 7) is 1.80. The summed E-state index contributed by atoms with van der Waals surface area (Å²) in [5.41, 5.74) is 0.563. The first-order valence-electron chi connectivity index (χ1n) is 9.20. The van der Waals surface area contributed by atoms with E-state index in [1.807, 2.05) is 24.3 Å². The molecule has 0 spiro atoms. The zero-order valence-corrected chi connectivity index (χ0v) is 15.7. The minimum absolute atomic E-state index is 0.110. The van der Waals surface area contributed by atoms with Crippen LogP contribution in [0.1, 0.15) is 25.3 Å². The van der Waals surface area contributed by atoms with Crippen molar-refractivity contribution in [3.8, 4) is 28.8 Å². The van der Waals surface area contributed by atoms with Gasteiger partial charge in [0.2, 0.25) is 0 Å². The SMILES string of the molecule is CC1(O)CC(Nc2nnc(-c3ccc(C#CC(F)F)cc3O)c3ccccc23)C1. The molecule has 0 bridgehead atoms. The number of alkyl halides is 2. The van der Waals surface area contributed by atoms with E-state index in [1.165, 1.54) is 6.07 Å². The number of aromatic hydroxyl groups is 1. The Morgan fingerprint density at radius 2 is 1.86 bits per heavy atom. The van der Waals surface area contributed by atoms with E-state index in [0.29, 0.717) is 35.5 Å². The van der Waals surface area contributed by atoms with Crippen LogP contribution in [0, 0.1) is 11.8 Å². The molecule has 1 saturated carbocycles. The van der Waals surface area contributed by atoms with Gasteiger partial charge in [0, 0.05) is 27.9 Å². The maximum Gasteiger partial charge on any atom is 0.299 e. The highest BCUT2D eigenvalue weighted by Gasteiger charge is 2.38. The first kappa shape index (κ1) is 19.1. The van der Waals surface area contributed by atoms with Crippen molar-refractivity contribution in [2.75, 3.05) is 5.32 Å². The number of phenols is 1. The van der Waals surface area contributed by atoms with Crippen LogP contribution in [0.4, 0.5) is 14.6 Å². The van der Waals surface area contributed by atoms with Gasteiger partial charge in [0.15, 0.2) is 5.82 Å². The van der Waals surface area contributed by atoms with Crippen molar-refractivity contribution in [1.82, 2.24) is 10.2 Å². The number of hydrogen-bond donors (Lipinski definition) is 3. The lowest BCUT2D eigenvalue weighted by atomic mass is 9.77. The van der Waals surface area contributed by atoms with Crippen LogP contribution in [-0.4, -0.2) is 38.5 Å². The van der Waals surface area contributed by atoms with Crippen LogP contribution in [-0.2, 0) is 0 Å². The van der Waals surface area contributed by atoms with Gasteiger partial charge in [0.05, 0.1) is 5.60 Å². The van der Waals surface area contributed by atoms with E-state index in [2.05, 4.69) is 21.4 Å². The summed E-state index contributed by atoms with van der Waals surface area (Å²) in [7, 11) is 0. The van der Waals surface area contributed by atoms with Gasteiger partial charge in [-0.3, -0.25) is 0 Å². The van der Waals surface area contributed by atoms with Crippen molar-refractivity contribution in [3.05, 3.63) is 48.0 Å². The summed E-state index contributed by atoms with van der Waals surface area (Å²) in [5, 5.41) is 33.9. The molecule has 0 radical (unpaired) electrons. The number of nitrogens with zero attached hydrogens (tertiary/aromatic N) is 2. The average Bonchev–Trinajstić information content (AvgIpc) is 2.66. The van der Waals surface area contributed by atoms with Crippen molar-refractivity contribution in [2.24, 2.45) is 0 Å². The molecule has 3 aromatic rings. The fraction of sp³-hybridized carbons (Fsp3) is 0.273. The molecule has 1 aliphatic carbocycles. The molecule has 7 heteroatoms. The highest BCUT2D eigenvalue weighted by molar-refractivity contribution is 6.01. The lowest BCUT2D eigenvalue weighted by Crippen LogP contribution is -2.48. The van der Waals surface area contributed by atoms with E-state index >= 15 is 0 Å². The summed E-state index contributed by atoms with van der Waals surface area (Å²) >= 11 is 0. The maximum atomic E-state index is 12.3. The molecule has 1 aromatic heterocycles. The normalized spacial score (nSPS) is 20.8. The Balaban J connectivity index is 1.71. The standard InChI is InChI=1S/C22H19F2N3O2/c1-22(29)11-14(12-22)25-21-16-5-3-2-4-15(16)20(26-27-21)17-8-6-13(10-18(17)28)7-9-19(23)24/h2-6,8,10,14,19,28-29H,11-12H2,1H3,(H,25,27). The average molecular weight is 395 g/mol. The first-order chi connectivity index (χ1) is 13.8. The summed E-state index contributed by atoms with van der Waals surface area (Å²) in [4.78, 5) is 0. The number of aliphatic hydroxyl groups is 1. The monoisotopic (exact) mass is 395 g/mol. The summed E-state index contributed by atoms with van der Waals surface area (Å²) < 4.78 is 24.5. The number of hydrogen-bond acceptors (Lipinski definition) is 5. The van der Waals surface area contributed by atoms with Crippen LogP contribution in [0.25, 0.3) is 22.0 Å². The molecule has 1 fully saturated rings. The Morgan fingerprint density at radius 3 is 2.52 bits per heavy atom. The number of aromatic nitrogens is 2. The molecule has 5 nitrogen and oxygen atoms in total. The largest absolute Gasteiger partial charge is 0.507 e. The summed E-state index contributed by atoms with van der Waals surface area (Å²) in [6.07, 6.45) is -1.47. The fourth-order valence-electron chi connectivity index (χ4n) is 3.65. The second-order valence-electron chi connectivity index (χ2n) is 7.49. The van der Waals surface area contributed by atoms with Gasteiger partial charge in [0.1, 0.15) is 11.4 Å². The molecule has 29 heavy (non-hydrogen) atoms. The predicted molar refractivity (Wildman–Crippen MR) is 107 cm³/mol. The zero-order valence-electron chi connectivity index (χ0n) is 15.7. The van der Waals surface area contributed by atoms with Crippen LogP contribution in [0.5, 0.6) is 5.75 Å². The zero-order chi connectivity index (χ0) is 20.6. The molecule has 148 valence electrons. The van der Waals surface area contributed by atoms with Gasteiger partial charge in [-0.25, -0.2) is 0 Å². The second kappa shape index (κ2) is 7.30. The molecule has 0 unspecified atom stereocenters. The van der Waals surface area contributed by atoms with Gasteiger partial charge in [-0.2, -0.15) is 8.78 Å². The number of phenolic OH excluding ortho intramolecular Hbond substituents is 1.